The summed E-state index contributed by atoms with van der Waals surface area (Å²) in [7, 11) is 0. The molecule has 1 heterocycles. The molecule has 0 bridgehead atoms. The molecule has 64 valence electrons. The minimum atomic E-state index is 0.621. The summed E-state index contributed by atoms with van der Waals surface area (Å²) in [4.78, 5) is 2.38. The molecule has 0 saturated heterocycles. The highest BCUT2D eigenvalue weighted by atomic mass is 15.1. The van der Waals surface area contributed by atoms with Crippen LogP contribution in [0.3, 0.4) is 0 Å². The van der Waals surface area contributed by atoms with E-state index in [0.29, 0.717) is 6.04 Å². The fourth-order valence-corrected chi connectivity index (χ4v) is 1.70. The Morgan fingerprint density at radius 1 is 1.33 bits per heavy atom. The fourth-order valence-electron chi connectivity index (χ4n) is 1.70. The molecule has 0 atom stereocenters. The lowest BCUT2D eigenvalue weighted by atomic mass is 10.1. The van der Waals surface area contributed by atoms with Crippen molar-refractivity contribution in [2.45, 2.75) is 26.3 Å². The van der Waals surface area contributed by atoms with Crippen LogP contribution in [-0.4, -0.2) is 17.5 Å². The monoisotopic (exact) mass is 161 g/mol. The van der Waals surface area contributed by atoms with Crippen LogP contribution in [0.4, 0.5) is 0 Å². The van der Waals surface area contributed by atoms with Crippen LogP contribution in [0.15, 0.2) is 35.6 Å². The van der Waals surface area contributed by atoms with E-state index in [1.165, 1.54) is 5.57 Å². The molecule has 0 spiro atoms. The second-order valence-corrected chi connectivity index (χ2v) is 3.75. The molecule has 0 amide bonds. The molecule has 0 aromatic carbocycles. The van der Waals surface area contributed by atoms with Crippen molar-refractivity contribution in [3.05, 3.63) is 35.6 Å². The highest BCUT2D eigenvalue weighted by Gasteiger charge is 2.15. The Morgan fingerprint density at radius 2 is 2.17 bits per heavy atom. The molecule has 0 aromatic heterocycles. The summed E-state index contributed by atoms with van der Waals surface area (Å²) in [5, 5.41) is 0. The van der Waals surface area contributed by atoms with Crippen molar-refractivity contribution in [2.24, 2.45) is 0 Å². The predicted octanol–water partition coefficient (Wildman–Crippen LogP) is 2.48. The maximum Gasteiger partial charge on any atom is 0.0398 e. The fraction of sp³-hybridized carbons (Fsp3) is 0.455. The van der Waals surface area contributed by atoms with Crippen molar-refractivity contribution in [1.29, 1.82) is 0 Å². The third kappa shape index (κ3) is 1.20. The first-order chi connectivity index (χ1) is 5.77. The van der Waals surface area contributed by atoms with E-state index in [9.17, 15) is 0 Å². The summed E-state index contributed by atoms with van der Waals surface area (Å²) < 4.78 is 0. The first-order valence-electron chi connectivity index (χ1n) is 4.60. The van der Waals surface area contributed by atoms with Gasteiger partial charge in [0.05, 0.1) is 0 Å². The zero-order valence-corrected chi connectivity index (χ0v) is 7.75. The Hall–Kier alpha value is -0.980. The molecular weight excluding hydrogens is 146 g/mol. The maximum atomic E-state index is 2.38. The summed E-state index contributed by atoms with van der Waals surface area (Å²) in [6.45, 7) is 5.59. The van der Waals surface area contributed by atoms with Crippen molar-refractivity contribution in [1.82, 2.24) is 4.90 Å². The average Bonchev–Trinajstić information content (AvgIpc) is 2.49. The van der Waals surface area contributed by atoms with Crippen LogP contribution in [0.25, 0.3) is 0 Å². The van der Waals surface area contributed by atoms with E-state index in [2.05, 4.69) is 43.2 Å². The zero-order chi connectivity index (χ0) is 8.55. The van der Waals surface area contributed by atoms with Gasteiger partial charge in [0.2, 0.25) is 0 Å². The van der Waals surface area contributed by atoms with Crippen LogP contribution in [0.1, 0.15) is 20.3 Å². The Bertz CT molecular complexity index is 269. The lowest BCUT2D eigenvalue weighted by molar-refractivity contribution is 0.330. The van der Waals surface area contributed by atoms with Gasteiger partial charge in [0, 0.05) is 18.8 Å². The highest BCUT2D eigenvalue weighted by molar-refractivity contribution is 5.44. The van der Waals surface area contributed by atoms with Crippen LogP contribution in [-0.2, 0) is 0 Å². The van der Waals surface area contributed by atoms with E-state index in [4.69, 9.17) is 0 Å². The molecule has 0 saturated carbocycles. The molecule has 0 radical (unpaired) electrons. The smallest absolute Gasteiger partial charge is 0.0398 e. The second kappa shape index (κ2) is 2.81. The van der Waals surface area contributed by atoms with Gasteiger partial charge in [0.25, 0.3) is 0 Å². The molecule has 1 aliphatic carbocycles. The molecule has 1 aliphatic heterocycles. The third-order valence-electron chi connectivity index (χ3n) is 2.55. The summed E-state index contributed by atoms with van der Waals surface area (Å²) in [6.07, 6.45) is 10.1. The molecule has 2 rings (SSSR count). The van der Waals surface area contributed by atoms with Crippen molar-refractivity contribution < 1.29 is 0 Å². The van der Waals surface area contributed by atoms with E-state index in [1.54, 1.807) is 5.57 Å². The van der Waals surface area contributed by atoms with Crippen LogP contribution in [0.5, 0.6) is 0 Å². The van der Waals surface area contributed by atoms with Crippen LogP contribution < -0.4 is 0 Å². The van der Waals surface area contributed by atoms with E-state index in [1.807, 2.05) is 0 Å². The van der Waals surface area contributed by atoms with Crippen molar-refractivity contribution >= 4 is 0 Å². The average molecular weight is 161 g/mol. The molecule has 0 fully saturated rings. The van der Waals surface area contributed by atoms with E-state index in [0.717, 1.165) is 13.0 Å². The molecular formula is C11H15N. The van der Waals surface area contributed by atoms with Gasteiger partial charge >= 0.3 is 0 Å². The molecule has 0 aromatic rings. The normalized spacial score (nSPS) is 21.1. The van der Waals surface area contributed by atoms with Gasteiger partial charge in [-0.1, -0.05) is 12.2 Å². The first kappa shape index (κ1) is 7.66. The third-order valence-corrected chi connectivity index (χ3v) is 2.55. The Kier molecular flexibility index (Phi) is 1.80. The molecule has 12 heavy (non-hydrogen) atoms. The standard InChI is InChI=1S/C11H15N/c1-9(2)12-7-6-10-4-3-5-11(10)8-12/h3-4,6-7,9H,5,8H2,1-2H3. The quantitative estimate of drug-likeness (QED) is 0.571. The Morgan fingerprint density at radius 3 is 2.92 bits per heavy atom. The summed E-state index contributed by atoms with van der Waals surface area (Å²) in [5.74, 6) is 0. The Balaban J connectivity index is 2.13. The maximum absolute atomic E-state index is 2.38. The lowest BCUT2D eigenvalue weighted by Gasteiger charge is -2.28. The topological polar surface area (TPSA) is 3.24 Å². The van der Waals surface area contributed by atoms with Crippen LogP contribution in [0, 0.1) is 0 Å². The number of nitrogens with zero attached hydrogens (tertiary/aromatic N) is 1. The lowest BCUT2D eigenvalue weighted by Crippen LogP contribution is -2.29. The molecule has 1 nitrogen and oxygen atoms in total. The van der Waals surface area contributed by atoms with Gasteiger partial charge in [-0.25, -0.2) is 0 Å². The molecule has 0 N–H and O–H groups in total. The molecule has 0 unspecified atom stereocenters. The second-order valence-electron chi connectivity index (χ2n) is 3.75. The molecule has 2 aliphatic rings. The summed E-state index contributed by atoms with van der Waals surface area (Å²) in [6, 6.07) is 0.621. The SMILES string of the molecule is CC(C)N1C=CC2=C(CC=C2)C1. The summed E-state index contributed by atoms with van der Waals surface area (Å²) in [5.41, 5.74) is 3.01. The van der Waals surface area contributed by atoms with Gasteiger partial charge in [-0.3, -0.25) is 0 Å². The van der Waals surface area contributed by atoms with Gasteiger partial charge in [-0.05, 0) is 37.5 Å². The van der Waals surface area contributed by atoms with Gasteiger partial charge in [-0.15, -0.1) is 0 Å². The van der Waals surface area contributed by atoms with Crippen molar-refractivity contribution in [3.63, 3.8) is 0 Å². The number of hydrogen-bond acceptors (Lipinski definition) is 1. The van der Waals surface area contributed by atoms with E-state index in [-0.39, 0.29) is 0 Å². The largest absolute Gasteiger partial charge is 0.371 e. The predicted molar refractivity (Wildman–Crippen MR) is 51.8 cm³/mol. The van der Waals surface area contributed by atoms with Crippen LogP contribution in [0.2, 0.25) is 0 Å². The highest BCUT2D eigenvalue weighted by Crippen LogP contribution is 2.25. The van der Waals surface area contributed by atoms with Gasteiger partial charge in [0.1, 0.15) is 0 Å². The van der Waals surface area contributed by atoms with E-state index < -0.39 is 0 Å². The number of hydrogen-bond donors (Lipinski definition) is 0. The van der Waals surface area contributed by atoms with Crippen molar-refractivity contribution in [2.75, 3.05) is 6.54 Å². The first-order valence-corrected chi connectivity index (χ1v) is 4.60. The minimum absolute atomic E-state index is 0.621. The number of rotatable bonds is 1. The molecule has 1 heteroatoms. The van der Waals surface area contributed by atoms with Crippen LogP contribution >= 0.6 is 0 Å². The number of allylic oxidation sites excluding steroid dienone is 4. The van der Waals surface area contributed by atoms with Crippen molar-refractivity contribution in [3.8, 4) is 0 Å². The zero-order valence-electron chi connectivity index (χ0n) is 7.75. The van der Waals surface area contributed by atoms with E-state index >= 15 is 0 Å². The Labute approximate surface area is 74.1 Å². The van der Waals surface area contributed by atoms with Gasteiger partial charge in [-0.2, -0.15) is 0 Å². The summed E-state index contributed by atoms with van der Waals surface area (Å²) >= 11 is 0. The van der Waals surface area contributed by atoms with Gasteiger partial charge in [0.15, 0.2) is 0 Å². The minimum Gasteiger partial charge on any atom is -0.371 e. The van der Waals surface area contributed by atoms with Gasteiger partial charge < -0.3 is 4.90 Å².